The number of aryl methyl sites for hydroxylation is 2. The van der Waals surface area contributed by atoms with Crippen molar-refractivity contribution in [3.8, 4) is 5.69 Å². The summed E-state index contributed by atoms with van der Waals surface area (Å²) in [4.78, 5) is 17.0. The van der Waals surface area contributed by atoms with Gasteiger partial charge in [-0.3, -0.25) is 9.36 Å². The van der Waals surface area contributed by atoms with Gasteiger partial charge in [0.2, 0.25) is 0 Å². The lowest BCUT2D eigenvalue weighted by molar-refractivity contribution is 0.728. The summed E-state index contributed by atoms with van der Waals surface area (Å²) in [5.41, 5.74) is 5.16. The first-order valence-corrected chi connectivity index (χ1v) is 10.1. The Morgan fingerprint density at radius 2 is 1.92 bits per heavy atom. The van der Waals surface area contributed by atoms with Crippen molar-refractivity contribution in [2.75, 3.05) is 0 Å². The van der Waals surface area contributed by atoms with E-state index < -0.39 is 0 Å². The molecular weight excluding hydrogens is 364 g/mol. The Labute approximate surface area is 159 Å². The van der Waals surface area contributed by atoms with Crippen LogP contribution in [-0.4, -0.2) is 19.3 Å². The standard InChI is InChI=1S/C19H18N4OS2/c1-12-10-13(2)23(21-12)15-6-4-14(5-7-15)11-26-19-20-16-8-9-25-17(16)18(24)22(19)3/h4-10H,11H2,1-3H3. The minimum atomic E-state index is 0.0207. The molecule has 3 heterocycles. The van der Waals surface area contributed by atoms with E-state index in [2.05, 4.69) is 47.3 Å². The van der Waals surface area contributed by atoms with Gasteiger partial charge in [-0.05, 0) is 49.1 Å². The van der Waals surface area contributed by atoms with Gasteiger partial charge in [-0.15, -0.1) is 11.3 Å². The molecule has 26 heavy (non-hydrogen) atoms. The normalized spacial score (nSPS) is 11.3. The zero-order chi connectivity index (χ0) is 18.3. The zero-order valence-electron chi connectivity index (χ0n) is 14.8. The maximum atomic E-state index is 12.4. The summed E-state index contributed by atoms with van der Waals surface area (Å²) in [6, 6.07) is 12.3. The second-order valence-corrected chi connectivity index (χ2v) is 8.05. The summed E-state index contributed by atoms with van der Waals surface area (Å²) in [5.74, 6) is 0.757. The van der Waals surface area contributed by atoms with Crippen LogP contribution in [0.3, 0.4) is 0 Å². The molecule has 0 atom stereocenters. The van der Waals surface area contributed by atoms with Crippen LogP contribution in [0.15, 0.2) is 51.7 Å². The molecule has 0 N–H and O–H groups in total. The molecule has 0 spiro atoms. The van der Waals surface area contributed by atoms with E-state index in [1.54, 1.807) is 23.4 Å². The molecule has 0 fully saturated rings. The fraction of sp³-hybridized carbons (Fsp3) is 0.211. The predicted molar refractivity (Wildman–Crippen MR) is 107 cm³/mol. The fourth-order valence-corrected chi connectivity index (χ4v) is 4.60. The van der Waals surface area contributed by atoms with Gasteiger partial charge in [0.15, 0.2) is 5.16 Å². The molecule has 7 heteroatoms. The summed E-state index contributed by atoms with van der Waals surface area (Å²) in [6.07, 6.45) is 0. The quantitative estimate of drug-likeness (QED) is 0.394. The van der Waals surface area contributed by atoms with Crippen molar-refractivity contribution >= 4 is 33.3 Å². The smallest absolute Gasteiger partial charge is 0.271 e. The molecule has 1 aromatic carbocycles. The van der Waals surface area contributed by atoms with E-state index in [1.807, 2.05) is 23.1 Å². The molecule has 0 aliphatic rings. The Balaban J connectivity index is 1.54. The van der Waals surface area contributed by atoms with Gasteiger partial charge in [0.05, 0.1) is 16.9 Å². The molecule has 4 rings (SSSR count). The van der Waals surface area contributed by atoms with Gasteiger partial charge >= 0.3 is 0 Å². The van der Waals surface area contributed by atoms with Crippen LogP contribution in [0.5, 0.6) is 0 Å². The van der Waals surface area contributed by atoms with Crippen LogP contribution in [0.2, 0.25) is 0 Å². The number of thiophene rings is 1. The minimum Gasteiger partial charge on any atom is -0.290 e. The molecule has 0 radical (unpaired) electrons. The SMILES string of the molecule is Cc1cc(C)n(-c2ccc(CSc3nc4ccsc4c(=O)n3C)cc2)n1. The van der Waals surface area contributed by atoms with Crippen LogP contribution < -0.4 is 5.56 Å². The van der Waals surface area contributed by atoms with E-state index in [1.165, 1.54) is 16.9 Å². The average molecular weight is 383 g/mol. The third kappa shape index (κ3) is 3.08. The van der Waals surface area contributed by atoms with Gasteiger partial charge in [-0.2, -0.15) is 5.10 Å². The van der Waals surface area contributed by atoms with Crippen LogP contribution >= 0.6 is 23.1 Å². The molecule has 5 nitrogen and oxygen atoms in total. The van der Waals surface area contributed by atoms with Gasteiger partial charge < -0.3 is 0 Å². The van der Waals surface area contributed by atoms with Gasteiger partial charge in [0.1, 0.15) is 4.70 Å². The lowest BCUT2D eigenvalue weighted by atomic mass is 10.2. The Hall–Kier alpha value is -2.38. The largest absolute Gasteiger partial charge is 0.290 e. The maximum absolute atomic E-state index is 12.4. The average Bonchev–Trinajstić information content (AvgIpc) is 3.23. The third-order valence-corrected chi connectivity index (χ3v) is 6.20. The number of fused-ring (bicyclic) bond motifs is 1. The molecule has 0 saturated carbocycles. The van der Waals surface area contributed by atoms with Gasteiger partial charge in [-0.1, -0.05) is 23.9 Å². The Bertz CT molecular complexity index is 1140. The summed E-state index contributed by atoms with van der Waals surface area (Å²) >= 11 is 3.02. The van der Waals surface area contributed by atoms with Crippen LogP contribution in [0.4, 0.5) is 0 Å². The molecule has 0 unspecified atom stereocenters. The number of hydrogen-bond acceptors (Lipinski definition) is 5. The second-order valence-electron chi connectivity index (χ2n) is 6.19. The van der Waals surface area contributed by atoms with Crippen molar-refractivity contribution in [2.24, 2.45) is 7.05 Å². The molecule has 0 bridgehead atoms. The Morgan fingerprint density at radius 3 is 2.62 bits per heavy atom. The summed E-state index contributed by atoms with van der Waals surface area (Å²) in [7, 11) is 1.78. The van der Waals surface area contributed by atoms with Crippen LogP contribution in [-0.2, 0) is 12.8 Å². The van der Waals surface area contributed by atoms with E-state index in [0.29, 0.717) is 4.70 Å². The minimum absolute atomic E-state index is 0.0207. The zero-order valence-corrected chi connectivity index (χ0v) is 16.4. The molecule has 0 aliphatic carbocycles. The number of nitrogens with zero attached hydrogens (tertiary/aromatic N) is 4. The highest BCUT2D eigenvalue weighted by Gasteiger charge is 2.10. The van der Waals surface area contributed by atoms with Crippen LogP contribution in [0, 0.1) is 13.8 Å². The number of benzene rings is 1. The molecule has 132 valence electrons. The highest BCUT2D eigenvalue weighted by atomic mass is 32.2. The van der Waals surface area contributed by atoms with Gasteiger partial charge in [-0.25, -0.2) is 9.67 Å². The summed E-state index contributed by atoms with van der Waals surface area (Å²) in [5, 5.41) is 7.16. The lowest BCUT2D eigenvalue weighted by Gasteiger charge is -2.08. The molecule has 4 aromatic rings. The fourth-order valence-electron chi connectivity index (χ4n) is 2.87. The summed E-state index contributed by atoms with van der Waals surface area (Å²) in [6.45, 7) is 4.05. The van der Waals surface area contributed by atoms with Crippen molar-refractivity contribution in [3.05, 3.63) is 69.1 Å². The number of thioether (sulfide) groups is 1. The predicted octanol–water partition coefficient (Wildman–Crippen LogP) is 4.09. The third-order valence-electron chi connectivity index (χ3n) is 4.20. The monoisotopic (exact) mass is 382 g/mol. The van der Waals surface area contributed by atoms with E-state index in [9.17, 15) is 4.79 Å². The highest BCUT2D eigenvalue weighted by Crippen LogP contribution is 2.24. The molecule has 0 amide bonds. The van der Waals surface area contributed by atoms with Crippen molar-refractivity contribution in [3.63, 3.8) is 0 Å². The van der Waals surface area contributed by atoms with Crippen LogP contribution in [0.1, 0.15) is 17.0 Å². The first-order valence-electron chi connectivity index (χ1n) is 8.22. The molecule has 0 aliphatic heterocycles. The number of hydrogen-bond donors (Lipinski definition) is 0. The van der Waals surface area contributed by atoms with E-state index in [-0.39, 0.29) is 5.56 Å². The second kappa shape index (κ2) is 6.74. The molecule has 3 aromatic heterocycles. The van der Waals surface area contributed by atoms with Crippen LogP contribution in [0.25, 0.3) is 15.9 Å². The van der Waals surface area contributed by atoms with E-state index >= 15 is 0 Å². The van der Waals surface area contributed by atoms with Gasteiger partial charge in [0.25, 0.3) is 5.56 Å². The topological polar surface area (TPSA) is 52.7 Å². The van der Waals surface area contributed by atoms with Gasteiger partial charge in [0, 0.05) is 18.5 Å². The molecule has 0 saturated heterocycles. The van der Waals surface area contributed by atoms with Crippen molar-refractivity contribution in [1.82, 2.24) is 19.3 Å². The first-order chi connectivity index (χ1) is 12.5. The molecular formula is C19H18N4OS2. The van der Waals surface area contributed by atoms with E-state index in [0.717, 1.165) is 33.5 Å². The number of aromatic nitrogens is 4. The Kier molecular flexibility index (Phi) is 4.42. The van der Waals surface area contributed by atoms with E-state index in [4.69, 9.17) is 0 Å². The van der Waals surface area contributed by atoms with Crippen molar-refractivity contribution < 1.29 is 0 Å². The number of rotatable bonds is 4. The first kappa shape index (κ1) is 17.1. The maximum Gasteiger partial charge on any atom is 0.271 e. The lowest BCUT2D eigenvalue weighted by Crippen LogP contribution is -2.18. The van der Waals surface area contributed by atoms with Crippen molar-refractivity contribution in [2.45, 2.75) is 24.8 Å². The van der Waals surface area contributed by atoms with Crippen molar-refractivity contribution in [1.29, 1.82) is 0 Å². The summed E-state index contributed by atoms with van der Waals surface area (Å²) < 4.78 is 4.29. The highest BCUT2D eigenvalue weighted by molar-refractivity contribution is 7.98. The Morgan fingerprint density at radius 1 is 1.15 bits per heavy atom.